The molecule has 1 heterocycles. The Balaban J connectivity index is 2.54. The Labute approximate surface area is 101 Å². The van der Waals surface area contributed by atoms with Crippen LogP contribution in [-0.4, -0.2) is 17.0 Å². The number of rotatable bonds is 2. The molecule has 0 radical (unpaired) electrons. The van der Waals surface area contributed by atoms with Crippen LogP contribution in [0.3, 0.4) is 0 Å². The minimum Gasteiger partial charge on any atom is -0.372 e. The minimum atomic E-state index is -0.329. The van der Waals surface area contributed by atoms with Gasteiger partial charge in [-0.15, -0.1) is 0 Å². The summed E-state index contributed by atoms with van der Waals surface area (Å²) >= 11 is 3.14. The maximum absolute atomic E-state index is 13.8. The van der Waals surface area contributed by atoms with Gasteiger partial charge in [0.25, 0.3) is 0 Å². The molecule has 1 aromatic heterocycles. The molecule has 2 rings (SSSR count). The molecular weight excluding hydrogens is 273 g/mol. The first kappa shape index (κ1) is 11.0. The fourth-order valence-corrected chi connectivity index (χ4v) is 1.68. The molecule has 0 amide bonds. The van der Waals surface area contributed by atoms with Crippen molar-refractivity contribution in [3.8, 4) is 11.3 Å². The molecule has 82 valence electrons. The Morgan fingerprint density at radius 3 is 2.88 bits per heavy atom. The van der Waals surface area contributed by atoms with E-state index in [4.69, 9.17) is 0 Å². The van der Waals surface area contributed by atoms with Crippen molar-refractivity contribution in [3.05, 3.63) is 40.9 Å². The molecule has 0 aliphatic heterocycles. The van der Waals surface area contributed by atoms with Crippen LogP contribution in [0.1, 0.15) is 0 Å². The first-order valence-electron chi connectivity index (χ1n) is 4.66. The van der Waals surface area contributed by atoms with Crippen molar-refractivity contribution >= 4 is 21.7 Å². The van der Waals surface area contributed by atoms with Crippen molar-refractivity contribution in [2.75, 3.05) is 12.4 Å². The molecule has 1 N–H and O–H groups in total. The van der Waals surface area contributed by atoms with Crippen molar-refractivity contribution in [2.24, 2.45) is 0 Å². The number of hydrogen-bond acceptors (Lipinski definition) is 3. The summed E-state index contributed by atoms with van der Waals surface area (Å²) in [6, 6.07) is 5.08. The van der Waals surface area contributed by atoms with Crippen LogP contribution in [0.25, 0.3) is 11.3 Å². The molecule has 0 spiro atoms. The molecule has 0 fully saturated rings. The molecule has 1 aromatic carbocycles. The van der Waals surface area contributed by atoms with Crippen molar-refractivity contribution in [2.45, 2.75) is 0 Å². The van der Waals surface area contributed by atoms with E-state index in [1.807, 2.05) is 0 Å². The largest absolute Gasteiger partial charge is 0.372 e. The van der Waals surface area contributed by atoms with Crippen LogP contribution in [0.15, 0.2) is 35.1 Å². The van der Waals surface area contributed by atoms with Gasteiger partial charge in [-0.25, -0.2) is 9.37 Å². The van der Waals surface area contributed by atoms with Gasteiger partial charge in [-0.1, -0.05) is 6.07 Å². The molecule has 2 aromatic rings. The van der Waals surface area contributed by atoms with Gasteiger partial charge in [0.1, 0.15) is 11.6 Å². The predicted molar refractivity (Wildman–Crippen MR) is 64.7 cm³/mol. The maximum Gasteiger partial charge on any atom is 0.146 e. The molecule has 0 saturated carbocycles. The normalized spacial score (nSPS) is 10.2. The summed E-state index contributed by atoms with van der Waals surface area (Å²) in [5.74, 6) is 0.280. The number of nitrogens with one attached hydrogen (secondary N) is 1. The fraction of sp³-hybridized carbons (Fsp3) is 0.0909. The smallest absolute Gasteiger partial charge is 0.146 e. The lowest BCUT2D eigenvalue weighted by molar-refractivity contribution is 0.624. The van der Waals surface area contributed by atoms with Crippen molar-refractivity contribution in [1.82, 2.24) is 9.97 Å². The number of benzene rings is 1. The Morgan fingerprint density at radius 1 is 1.31 bits per heavy atom. The molecule has 0 saturated heterocycles. The summed E-state index contributed by atoms with van der Waals surface area (Å²) in [6.45, 7) is 0. The summed E-state index contributed by atoms with van der Waals surface area (Å²) in [5.41, 5.74) is 0.935. The molecule has 0 aliphatic rings. The molecule has 0 aliphatic carbocycles. The monoisotopic (exact) mass is 281 g/mol. The SMILES string of the molecule is CNc1cncc(-c2cccc(Br)c2F)n1. The van der Waals surface area contributed by atoms with Crippen LogP contribution < -0.4 is 5.32 Å². The lowest BCUT2D eigenvalue weighted by atomic mass is 10.1. The molecular formula is C11H9BrFN3. The lowest BCUT2D eigenvalue weighted by Crippen LogP contribution is -1.96. The van der Waals surface area contributed by atoms with Crippen LogP contribution >= 0.6 is 15.9 Å². The number of nitrogens with zero attached hydrogens (tertiary/aromatic N) is 2. The summed E-state index contributed by atoms with van der Waals surface area (Å²) in [7, 11) is 1.74. The Hall–Kier alpha value is -1.49. The quantitative estimate of drug-likeness (QED) is 0.919. The van der Waals surface area contributed by atoms with Gasteiger partial charge in [0.15, 0.2) is 0 Å². The van der Waals surface area contributed by atoms with E-state index in [1.165, 1.54) is 6.20 Å². The van der Waals surface area contributed by atoms with E-state index >= 15 is 0 Å². The van der Waals surface area contributed by atoms with Crippen LogP contribution in [-0.2, 0) is 0 Å². The van der Waals surface area contributed by atoms with E-state index in [0.717, 1.165) is 0 Å². The van der Waals surface area contributed by atoms with Gasteiger partial charge in [0.05, 0.1) is 22.6 Å². The Kier molecular flexibility index (Phi) is 3.14. The van der Waals surface area contributed by atoms with Crippen LogP contribution in [0, 0.1) is 5.82 Å². The zero-order valence-corrected chi connectivity index (χ0v) is 10.1. The highest BCUT2D eigenvalue weighted by molar-refractivity contribution is 9.10. The van der Waals surface area contributed by atoms with E-state index in [2.05, 4.69) is 31.2 Å². The first-order valence-corrected chi connectivity index (χ1v) is 5.46. The lowest BCUT2D eigenvalue weighted by Gasteiger charge is -2.05. The summed E-state index contributed by atoms with van der Waals surface area (Å²) in [6.07, 6.45) is 3.12. The average molecular weight is 282 g/mol. The number of hydrogen-bond donors (Lipinski definition) is 1. The first-order chi connectivity index (χ1) is 7.72. The van der Waals surface area contributed by atoms with Gasteiger partial charge in [-0.2, -0.15) is 0 Å². The van der Waals surface area contributed by atoms with Crippen molar-refractivity contribution < 1.29 is 4.39 Å². The molecule has 0 unspecified atom stereocenters. The van der Waals surface area contributed by atoms with Crippen LogP contribution in [0.4, 0.5) is 10.2 Å². The van der Waals surface area contributed by atoms with E-state index in [1.54, 1.807) is 31.4 Å². The topological polar surface area (TPSA) is 37.8 Å². The second kappa shape index (κ2) is 4.57. The highest BCUT2D eigenvalue weighted by Crippen LogP contribution is 2.26. The second-order valence-electron chi connectivity index (χ2n) is 3.14. The number of aromatic nitrogens is 2. The third kappa shape index (κ3) is 2.04. The number of halogens is 2. The summed E-state index contributed by atoms with van der Waals surface area (Å²) in [4.78, 5) is 8.22. The molecule has 0 atom stereocenters. The summed E-state index contributed by atoms with van der Waals surface area (Å²) < 4.78 is 14.2. The summed E-state index contributed by atoms with van der Waals surface area (Å²) in [5, 5.41) is 2.86. The van der Waals surface area contributed by atoms with E-state index in [-0.39, 0.29) is 5.82 Å². The van der Waals surface area contributed by atoms with Crippen LogP contribution in [0.5, 0.6) is 0 Å². The Bertz CT molecular complexity index is 516. The van der Waals surface area contributed by atoms with Gasteiger partial charge in [0, 0.05) is 12.6 Å². The third-order valence-corrected chi connectivity index (χ3v) is 2.73. The Morgan fingerprint density at radius 2 is 2.12 bits per heavy atom. The number of anilines is 1. The van der Waals surface area contributed by atoms with E-state index in [0.29, 0.717) is 21.5 Å². The fourth-order valence-electron chi connectivity index (χ4n) is 1.32. The average Bonchev–Trinajstić information content (AvgIpc) is 2.33. The van der Waals surface area contributed by atoms with Gasteiger partial charge in [-0.3, -0.25) is 4.98 Å². The van der Waals surface area contributed by atoms with Crippen molar-refractivity contribution in [1.29, 1.82) is 0 Å². The molecule has 16 heavy (non-hydrogen) atoms. The van der Waals surface area contributed by atoms with E-state index < -0.39 is 0 Å². The highest BCUT2D eigenvalue weighted by atomic mass is 79.9. The highest BCUT2D eigenvalue weighted by Gasteiger charge is 2.09. The molecule has 0 bridgehead atoms. The van der Waals surface area contributed by atoms with Gasteiger partial charge < -0.3 is 5.32 Å². The zero-order valence-electron chi connectivity index (χ0n) is 8.54. The molecule has 3 nitrogen and oxygen atoms in total. The zero-order chi connectivity index (χ0) is 11.5. The predicted octanol–water partition coefficient (Wildman–Crippen LogP) is 3.09. The van der Waals surface area contributed by atoms with Gasteiger partial charge in [0.2, 0.25) is 0 Å². The van der Waals surface area contributed by atoms with E-state index in [9.17, 15) is 4.39 Å². The van der Waals surface area contributed by atoms with Crippen molar-refractivity contribution in [3.63, 3.8) is 0 Å². The third-order valence-electron chi connectivity index (χ3n) is 2.12. The minimum absolute atomic E-state index is 0.329. The second-order valence-corrected chi connectivity index (χ2v) is 4.00. The molecule has 5 heteroatoms. The standard InChI is InChI=1S/C11H9BrFN3/c1-14-10-6-15-5-9(16-10)7-3-2-4-8(12)11(7)13/h2-6H,1H3,(H,14,16). The van der Waals surface area contributed by atoms with Gasteiger partial charge >= 0.3 is 0 Å². The van der Waals surface area contributed by atoms with Gasteiger partial charge in [-0.05, 0) is 28.1 Å². The van der Waals surface area contributed by atoms with Crippen LogP contribution in [0.2, 0.25) is 0 Å². The maximum atomic E-state index is 13.8.